The van der Waals surface area contributed by atoms with Crippen LogP contribution in [0.25, 0.3) is 0 Å². The molecule has 0 aliphatic carbocycles. The summed E-state index contributed by atoms with van der Waals surface area (Å²) in [5.74, 6) is 0.548. The highest BCUT2D eigenvalue weighted by Gasteiger charge is 2.42. The Kier molecular flexibility index (Phi) is 6.89. The second-order valence-electron chi connectivity index (χ2n) is 6.22. The van der Waals surface area contributed by atoms with E-state index in [0.29, 0.717) is 11.5 Å². The predicted octanol–water partition coefficient (Wildman–Crippen LogP) is 3.21. The summed E-state index contributed by atoms with van der Waals surface area (Å²) in [5, 5.41) is 2.62. The van der Waals surface area contributed by atoms with Crippen molar-refractivity contribution >= 4 is 31.7 Å². The molecule has 0 atom stereocenters. The van der Waals surface area contributed by atoms with Gasteiger partial charge in [0.2, 0.25) is 5.91 Å². The lowest BCUT2D eigenvalue weighted by Crippen LogP contribution is -2.48. The second kappa shape index (κ2) is 8.75. The van der Waals surface area contributed by atoms with Crippen molar-refractivity contribution in [1.82, 2.24) is 5.32 Å². The molecule has 1 N–H and O–H groups in total. The Labute approximate surface area is 167 Å². The molecule has 2 aromatic carbocycles. The van der Waals surface area contributed by atoms with Crippen LogP contribution in [0.4, 0.5) is 0 Å². The van der Waals surface area contributed by atoms with Gasteiger partial charge in [-0.25, -0.2) is 8.42 Å². The zero-order valence-electron chi connectivity index (χ0n) is 15.4. The van der Waals surface area contributed by atoms with Crippen molar-refractivity contribution in [2.75, 3.05) is 20.3 Å². The van der Waals surface area contributed by atoms with E-state index in [1.54, 1.807) is 31.4 Å². The molecule has 146 valence electrons. The highest BCUT2D eigenvalue weighted by atomic mass is 79.9. The first-order valence-electron chi connectivity index (χ1n) is 8.24. The van der Waals surface area contributed by atoms with Gasteiger partial charge in [0.1, 0.15) is 11.4 Å². The monoisotopic (exact) mass is 455 g/mol. The number of halogens is 1. The van der Waals surface area contributed by atoms with Crippen molar-refractivity contribution in [3.05, 3.63) is 53.0 Å². The average molecular weight is 456 g/mol. The third-order valence-electron chi connectivity index (χ3n) is 4.06. The standard InChI is InChI=1S/C19H22BrNO5S/c1-19(2,27(23,24)15-10-8-14(20)9-11-15)18(22)21-12-13-26-17-7-5-4-6-16(17)25-3/h4-11H,12-13H2,1-3H3,(H,21,22). The van der Waals surface area contributed by atoms with E-state index in [4.69, 9.17) is 9.47 Å². The molecule has 0 spiro atoms. The molecule has 0 bridgehead atoms. The van der Waals surface area contributed by atoms with Crippen molar-refractivity contribution in [3.63, 3.8) is 0 Å². The van der Waals surface area contributed by atoms with Gasteiger partial charge in [-0.15, -0.1) is 0 Å². The van der Waals surface area contributed by atoms with Crippen LogP contribution in [0.2, 0.25) is 0 Å². The Bertz CT molecular complexity index is 895. The first-order chi connectivity index (χ1) is 12.7. The molecule has 0 aromatic heterocycles. The molecule has 0 aliphatic heterocycles. The third-order valence-corrected chi connectivity index (χ3v) is 7.01. The number of carbonyl (C=O) groups is 1. The third kappa shape index (κ3) is 4.81. The number of para-hydroxylation sites is 2. The zero-order valence-corrected chi connectivity index (χ0v) is 17.8. The number of nitrogens with one attached hydrogen (secondary N) is 1. The van der Waals surface area contributed by atoms with Gasteiger partial charge in [-0.2, -0.15) is 0 Å². The number of amides is 1. The van der Waals surface area contributed by atoms with Crippen molar-refractivity contribution in [2.45, 2.75) is 23.5 Å². The van der Waals surface area contributed by atoms with Gasteiger partial charge >= 0.3 is 0 Å². The summed E-state index contributed by atoms with van der Waals surface area (Å²) in [4.78, 5) is 12.6. The number of sulfone groups is 1. The van der Waals surface area contributed by atoms with Crippen molar-refractivity contribution < 1.29 is 22.7 Å². The average Bonchev–Trinajstić information content (AvgIpc) is 2.65. The van der Waals surface area contributed by atoms with Gasteiger partial charge < -0.3 is 14.8 Å². The summed E-state index contributed by atoms with van der Waals surface area (Å²) in [7, 11) is -2.31. The van der Waals surface area contributed by atoms with Crippen molar-refractivity contribution in [2.24, 2.45) is 0 Å². The quantitative estimate of drug-likeness (QED) is 0.617. The maximum atomic E-state index is 12.8. The molecule has 0 saturated heterocycles. The van der Waals surface area contributed by atoms with Crippen molar-refractivity contribution in [1.29, 1.82) is 0 Å². The van der Waals surface area contributed by atoms with E-state index < -0.39 is 20.5 Å². The first kappa shape index (κ1) is 21.2. The van der Waals surface area contributed by atoms with E-state index in [-0.39, 0.29) is 18.0 Å². The van der Waals surface area contributed by atoms with Crippen LogP contribution in [0.1, 0.15) is 13.8 Å². The molecule has 0 aliphatic rings. The van der Waals surface area contributed by atoms with E-state index >= 15 is 0 Å². The van der Waals surface area contributed by atoms with Crippen LogP contribution in [0.5, 0.6) is 11.5 Å². The minimum Gasteiger partial charge on any atom is -0.493 e. The summed E-state index contributed by atoms with van der Waals surface area (Å²) in [6.45, 7) is 3.12. The number of benzene rings is 2. The SMILES string of the molecule is COc1ccccc1OCCNC(=O)C(C)(C)S(=O)(=O)c1ccc(Br)cc1. The normalized spacial score (nSPS) is 11.7. The Balaban J connectivity index is 1.98. The molecule has 6 nitrogen and oxygen atoms in total. The summed E-state index contributed by atoms with van der Waals surface area (Å²) in [6, 6.07) is 13.3. The fraction of sp³-hybridized carbons (Fsp3) is 0.316. The van der Waals surface area contributed by atoms with Gasteiger partial charge in [-0.1, -0.05) is 28.1 Å². The lowest BCUT2D eigenvalue weighted by atomic mass is 10.2. The smallest absolute Gasteiger partial charge is 0.241 e. The molecule has 0 heterocycles. The summed E-state index contributed by atoms with van der Waals surface area (Å²) in [5.41, 5.74) is 0. The van der Waals surface area contributed by atoms with Crippen molar-refractivity contribution in [3.8, 4) is 11.5 Å². The molecule has 0 saturated carbocycles. The Morgan fingerprint density at radius 1 is 1.07 bits per heavy atom. The molecular formula is C19H22BrNO5S. The number of hydrogen-bond acceptors (Lipinski definition) is 5. The Morgan fingerprint density at radius 3 is 2.26 bits per heavy atom. The molecule has 27 heavy (non-hydrogen) atoms. The molecular weight excluding hydrogens is 434 g/mol. The summed E-state index contributed by atoms with van der Waals surface area (Å²) < 4.78 is 35.5. The van der Waals surface area contributed by atoms with Gasteiger partial charge in [0, 0.05) is 4.47 Å². The number of rotatable bonds is 8. The Hall–Kier alpha value is -2.06. The fourth-order valence-corrected chi connectivity index (χ4v) is 3.97. The largest absolute Gasteiger partial charge is 0.493 e. The number of ether oxygens (including phenoxy) is 2. The van der Waals surface area contributed by atoms with Gasteiger partial charge in [0.05, 0.1) is 18.6 Å². The maximum Gasteiger partial charge on any atom is 0.241 e. The Morgan fingerprint density at radius 2 is 1.67 bits per heavy atom. The molecule has 0 radical (unpaired) electrons. The summed E-state index contributed by atoms with van der Waals surface area (Å²) >= 11 is 3.27. The van der Waals surface area contributed by atoms with Gasteiger partial charge in [-0.05, 0) is 50.2 Å². The topological polar surface area (TPSA) is 81.7 Å². The first-order valence-corrected chi connectivity index (χ1v) is 10.5. The zero-order chi connectivity index (χ0) is 20.1. The van der Waals surface area contributed by atoms with Crippen LogP contribution in [-0.2, 0) is 14.6 Å². The molecule has 1 amide bonds. The minimum atomic E-state index is -3.85. The molecule has 8 heteroatoms. The fourth-order valence-electron chi connectivity index (χ4n) is 2.31. The highest BCUT2D eigenvalue weighted by Crippen LogP contribution is 2.27. The van der Waals surface area contributed by atoms with E-state index in [1.165, 1.54) is 26.0 Å². The second-order valence-corrected chi connectivity index (χ2v) is 9.64. The van der Waals surface area contributed by atoms with Gasteiger partial charge in [0.15, 0.2) is 21.3 Å². The highest BCUT2D eigenvalue weighted by molar-refractivity contribution is 9.10. The minimum absolute atomic E-state index is 0.0936. The summed E-state index contributed by atoms with van der Waals surface area (Å²) in [6.07, 6.45) is 0. The number of hydrogen-bond donors (Lipinski definition) is 1. The predicted molar refractivity (Wildman–Crippen MR) is 107 cm³/mol. The van der Waals surface area contributed by atoms with Crippen LogP contribution in [-0.4, -0.2) is 39.3 Å². The maximum absolute atomic E-state index is 12.8. The van der Waals surface area contributed by atoms with Crippen LogP contribution in [0.3, 0.4) is 0 Å². The van der Waals surface area contributed by atoms with Gasteiger partial charge in [-0.3, -0.25) is 4.79 Å². The van der Waals surface area contributed by atoms with E-state index in [9.17, 15) is 13.2 Å². The van der Waals surface area contributed by atoms with E-state index in [1.807, 2.05) is 12.1 Å². The number of methoxy groups -OCH3 is 1. The van der Waals surface area contributed by atoms with Crippen LogP contribution < -0.4 is 14.8 Å². The molecule has 2 rings (SSSR count). The van der Waals surface area contributed by atoms with Crippen LogP contribution >= 0.6 is 15.9 Å². The van der Waals surface area contributed by atoms with Gasteiger partial charge in [0.25, 0.3) is 0 Å². The van der Waals surface area contributed by atoms with E-state index in [2.05, 4.69) is 21.2 Å². The van der Waals surface area contributed by atoms with Crippen LogP contribution in [0.15, 0.2) is 57.9 Å². The van der Waals surface area contributed by atoms with E-state index in [0.717, 1.165) is 4.47 Å². The van der Waals surface area contributed by atoms with Crippen LogP contribution in [0, 0.1) is 0 Å². The lowest BCUT2D eigenvalue weighted by Gasteiger charge is -2.24. The number of carbonyl (C=O) groups excluding carboxylic acids is 1. The lowest BCUT2D eigenvalue weighted by molar-refractivity contribution is -0.122. The molecule has 0 unspecified atom stereocenters. The molecule has 0 fully saturated rings. The molecule has 2 aromatic rings.